The van der Waals surface area contributed by atoms with Crippen molar-refractivity contribution in [3.63, 3.8) is 0 Å². The first-order chi connectivity index (χ1) is 7.65. The number of nitrogens with zero attached hydrogens (tertiary/aromatic N) is 2. The molecule has 0 aromatic carbocycles. The predicted octanol–water partition coefficient (Wildman–Crippen LogP) is -0.205. The van der Waals surface area contributed by atoms with Gasteiger partial charge in [-0.05, 0) is 12.8 Å². The Morgan fingerprint density at radius 1 is 1.69 bits per heavy atom. The van der Waals surface area contributed by atoms with Crippen LogP contribution in [0, 0.1) is 5.41 Å². The van der Waals surface area contributed by atoms with Crippen LogP contribution in [0.25, 0.3) is 0 Å². The summed E-state index contributed by atoms with van der Waals surface area (Å²) < 4.78 is 4.80. The average Bonchev–Trinajstić information content (AvgIpc) is 2.92. The van der Waals surface area contributed by atoms with E-state index in [1.165, 1.54) is 6.33 Å². The Kier molecular flexibility index (Phi) is 2.86. The highest BCUT2D eigenvalue weighted by Crippen LogP contribution is 2.46. The molecule has 0 aliphatic heterocycles. The summed E-state index contributed by atoms with van der Waals surface area (Å²) in [4.78, 5) is 15.9. The molecule has 1 heterocycles. The number of carbonyl (C=O) groups is 1. The van der Waals surface area contributed by atoms with E-state index >= 15 is 0 Å². The molecule has 0 bridgehead atoms. The Bertz CT molecular complexity index is 400. The molecule has 86 valence electrons. The molecule has 0 spiro atoms. The van der Waals surface area contributed by atoms with Crippen LogP contribution >= 0.6 is 12.2 Å². The lowest BCUT2D eigenvalue weighted by Crippen LogP contribution is -2.40. The molecular formula is C9H12N4O2S. The maximum Gasteiger partial charge on any atom is 0.233 e. The average molecular weight is 240 g/mol. The number of hydrogen-bond donors (Lipinski definition) is 2. The van der Waals surface area contributed by atoms with Crippen LogP contribution in [0.1, 0.15) is 18.7 Å². The highest BCUT2D eigenvalue weighted by molar-refractivity contribution is 7.80. The first kappa shape index (κ1) is 11.0. The van der Waals surface area contributed by atoms with Crippen molar-refractivity contribution < 1.29 is 9.32 Å². The van der Waals surface area contributed by atoms with E-state index < -0.39 is 5.41 Å². The third-order valence-electron chi connectivity index (χ3n) is 2.69. The summed E-state index contributed by atoms with van der Waals surface area (Å²) in [6.07, 6.45) is 3.33. The molecule has 0 radical (unpaired) electrons. The SMILES string of the molecule is NC(=S)C1(C(=O)NCCc2ncno2)CC1. The van der Waals surface area contributed by atoms with Crippen LogP contribution in [-0.4, -0.2) is 27.6 Å². The van der Waals surface area contributed by atoms with Gasteiger partial charge in [-0.1, -0.05) is 17.4 Å². The van der Waals surface area contributed by atoms with Gasteiger partial charge in [-0.3, -0.25) is 4.79 Å². The Hall–Kier alpha value is -1.50. The molecule has 6 nitrogen and oxygen atoms in total. The summed E-state index contributed by atoms with van der Waals surface area (Å²) >= 11 is 4.88. The summed E-state index contributed by atoms with van der Waals surface area (Å²) in [6, 6.07) is 0. The molecule has 16 heavy (non-hydrogen) atoms. The van der Waals surface area contributed by atoms with Crippen LogP contribution in [-0.2, 0) is 11.2 Å². The molecular weight excluding hydrogens is 228 g/mol. The van der Waals surface area contributed by atoms with Crippen molar-refractivity contribution in [1.82, 2.24) is 15.5 Å². The molecule has 1 amide bonds. The Morgan fingerprint density at radius 2 is 2.44 bits per heavy atom. The zero-order valence-electron chi connectivity index (χ0n) is 8.60. The van der Waals surface area contributed by atoms with E-state index in [2.05, 4.69) is 15.5 Å². The van der Waals surface area contributed by atoms with Gasteiger partial charge in [-0.25, -0.2) is 0 Å². The van der Waals surface area contributed by atoms with E-state index in [9.17, 15) is 4.79 Å². The molecule has 1 saturated carbocycles. The maximum absolute atomic E-state index is 11.8. The van der Waals surface area contributed by atoms with Crippen molar-refractivity contribution in [2.75, 3.05) is 6.54 Å². The number of carbonyl (C=O) groups excluding carboxylic acids is 1. The number of rotatable bonds is 5. The summed E-state index contributed by atoms with van der Waals surface area (Å²) in [7, 11) is 0. The molecule has 1 aliphatic carbocycles. The fourth-order valence-electron chi connectivity index (χ4n) is 1.47. The minimum Gasteiger partial charge on any atom is -0.392 e. The van der Waals surface area contributed by atoms with E-state index in [1.807, 2.05) is 0 Å². The molecule has 7 heteroatoms. The van der Waals surface area contributed by atoms with Gasteiger partial charge < -0.3 is 15.6 Å². The number of nitrogens with two attached hydrogens (primary N) is 1. The van der Waals surface area contributed by atoms with E-state index in [4.69, 9.17) is 22.5 Å². The van der Waals surface area contributed by atoms with Crippen molar-refractivity contribution in [3.8, 4) is 0 Å². The van der Waals surface area contributed by atoms with Crippen LogP contribution in [0.2, 0.25) is 0 Å². The van der Waals surface area contributed by atoms with Gasteiger partial charge in [0, 0.05) is 13.0 Å². The second kappa shape index (κ2) is 4.17. The standard InChI is InChI=1S/C9H12N4O2S/c10-7(16)9(2-3-9)8(14)11-4-1-6-12-5-13-15-6/h5H,1-4H2,(H2,10,16)(H,11,14). The topological polar surface area (TPSA) is 94.0 Å². The summed E-state index contributed by atoms with van der Waals surface area (Å²) in [6.45, 7) is 0.450. The first-order valence-corrected chi connectivity index (χ1v) is 5.40. The van der Waals surface area contributed by atoms with Gasteiger partial charge in [0.25, 0.3) is 0 Å². The molecule has 0 saturated heterocycles. The van der Waals surface area contributed by atoms with Gasteiger partial charge >= 0.3 is 0 Å². The molecule has 1 aromatic heterocycles. The zero-order chi connectivity index (χ0) is 11.6. The predicted molar refractivity (Wildman–Crippen MR) is 59.5 cm³/mol. The van der Waals surface area contributed by atoms with Crippen LogP contribution in [0.15, 0.2) is 10.9 Å². The summed E-state index contributed by atoms with van der Waals surface area (Å²) in [5, 5.41) is 6.24. The van der Waals surface area contributed by atoms with Gasteiger partial charge in [-0.15, -0.1) is 0 Å². The van der Waals surface area contributed by atoms with E-state index in [-0.39, 0.29) is 10.9 Å². The van der Waals surface area contributed by atoms with Gasteiger partial charge in [0.05, 0.1) is 10.4 Å². The minimum absolute atomic E-state index is 0.0977. The van der Waals surface area contributed by atoms with E-state index in [0.29, 0.717) is 18.9 Å². The molecule has 0 atom stereocenters. The third-order valence-corrected chi connectivity index (χ3v) is 3.08. The third kappa shape index (κ3) is 2.04. The minimum atomic E-state index is -0.593. The molecule has 2 rings (SSSR count). The van der Waals surface area contributed by atoms with Gasteiger partial charge in [-0.2, -0.15) is 4.98 Å². The van der Waals surface area contributed by atoms with Crippen LogP contribution in [0.5, 0.6) is 0 Å². The summed E-state index contributed by atoms with van der Waals surface area (Å²) in [5.74, 6) is 0.403. The normalized spacial score (nSPS) is 16.8. The lowest BCUT2D eigenvalue weighted by atomic mass is 10.1. The maximum atomic E-state index is 11.8. The van der Waals surface area contributed by atoms with E-state index in [0.717, 1.165) is 12.8 Å². The number of thiocarbonyl (C=S) groups is 1. The lowest BCUT2D eigenvalue weighted by molar-refractivity contribution is -0.123. The van der Waals surface area contributed by atoms with Crippen molar-refractivity contribution in [2.24, 2.45) is 11.1 Å². The number of nitrogens with one attached hydrogen (secondary N) is 1. The highest BCUT2D eigenvalue weighted by atomic mass is 32.1. The number of aromatic nitrogens is 2. The van der Waals surface area contributed by atoms with Gasteiger partial charge in [0.1, 0.15) is 0 Å². The summed E-state index contributed by atoms with van der Waals surface area (Å²) in [5.41, 5.74) is 4.94. The lowest BCUT2D eigenvalue weighted by Gasteiger charge is -2.12. The number of hydrogen-bond acceptors (Lipinski definition) is 5. The first-order valence-electron chi connectivity index (χ1n) is 4.99. The van der Waals surface area contributed by atoms with Crippen LogP contribution < -0.4 is 11.1 Å². The van der Waals surface area contributed by atoms with Gasteiger partial charge in [0.15, 0.2) is 6.33 Å². The molecule has 0 unspecified atom stereocenters. The Balaban J connectivity index is 1.79. The van der Waals surface area contributed by atoms with Crippen LogP contribution in [0.4, 0.5) is 0 Å². The molecule has 1 aliphatic rings. The van der Waals surface area contributed by atoms with Crippen molar-refractivity contribution >= 4 is 23.1 Å². The Morgan fingerprint density at radius 3 is 2.94 bits per heavy atom. The zero-order valence-corrected chi connectivity index (χ0v) is 9.42. The van der Waals surface area contributed by atoms with Crippen molar-refractivity contribution in [2.45, 2.75) is 19.3 Å². The smallest absolute Gasteiger partial charge is 0.233 e. The van der Waals surface area contributed by atoms with Gasteiger partial charge in [0.2, 0.25) is 11.8 Å². The highest BCUT2D eigenvalue weighted by Gasteiger charge is 2.52. The monoisotopic (exact) mass is 240 g/mol. The van der Waals surface area contributed by atoms with Crippen LogP contribution in [0.3, 0.4) is 0 Å². The van der Waals surface area contributed by atoms with Crippen molar-refractivity contribution in [1.29, 1.82) is 0 Å². The fourth-order valence-corrected chi connectivity index (χ4v) is 1.77. The second-order valence-corrected chi connectivity index (χ2v) is 4.23. The molecule has 1 fully saturated rings. The molecule has 1 aromatic rings. The number of amides is 1. The Labute approximate surface area is 97.6 Å². The van der Waals surface area contributed by atoms with E-state index in [1.54, 1.807) is 0 Å². The fraction of sp³-hybridized carbons (Fsp3) is 0.556. The van der Waals surface area contributed by atoms with Crippen molar-refractivity contribution in [3.05, 3.63) is 12.2 Å². The molecule has 3 N–H and O–H groups in total. The quantitative estimate of drug-likeness (QED) is 0.692. The second-order valence-electron chi connectivity index (χ2n) is 3.79. The largest absolute Gasteiger partial charge is 0.392 e.